The number of Topliss-reactive ketones (excluding diaryl/α,β-unsaturated/α-hetero) is 1. The van der Waals surface area contributed by atoms with E-state index in [0.29, 0.717) is 0 Å². The van der Waals surface area contributed by atoms with Gasteiger partial charge in [-0.05, 0) is 33.6 Å². The van der Waals surface area contributed by atoms with Gasteiger partial charge < -0.3 is 10.3 Å². The molecule has 1 amide bonds. The third-order valence-electron chi connectivity index (χ3n) is 2.61. The van der Waals surface area contributed by atoms with Crippen LogP contribution < -0.4 is 0 Å². The zero-order chi connectivity index (χ0) is 11.6. The lowest BCUT2D eigenvalue weighted by molar-refractivity contribution is -0.139. The van der Waals surface area contributed by atoms with Crippen LogP contribution >= 0.6 is 0 Å². The lowest BCUT2D eigenvalue weighted by atomic mass is 10.1. The van der Waals surface area contributed by atoms with E-state index in [-0.39, 0.29) is 23.7 Å². The van der Waals surface area contributed by atoms with Crippen LogP contribution in [0.1, 0.15) is 33.6 Å². The lowest BCUT2D eigenvalue weighted by Gasteiger charge is -2.31. The summed E-state index contributed by atoms with van der Waals surface area (Å²) in [6, 6.07) is -0.716. The van der Waals surface area contributed by atoms with Gasteiger partial charge in [0.05, 0.1) is 0 Å². The van der Waals surface area contributed by atoms with Crippen LogP contribution in [0, 0.1) is 11.3 Å². The highest BCUT2D eigenvalue weighted by Gasteiger charge is 2.38. The SMILES string of the molecule is CC(=O)C(C=N)N(C(=O)C1CC1)C(C)C. The van der Waals surface area contributed by atoms with E-state index in [1.54, 1.807) is 0 Å². The Morgan fingerprint density at radius 1 is 1.40 bits per heavy atom. The molecule has 84 valence electrons. The van der Waals surface area contributed by atoms with Gasteiger partial charge in [0.2, 0.25) is 5.91 Å². The van der Waals surface area contributed by atoms with Gasteiger partial charge in [-0.3, -0.25) is 9.59 Å². The molecule has 1 unspecified atom stereocenters. The minimum atomic E-state index is -0.682. The zero-order valence-electron chi connectivity index (χ0n) is 9.49. The van der Waals surface area contributed by atoms with Crippen LogP contribution in [0.5, 0.6) is 0 Å². The van der Waals surface area contributed by atoms with Gasteiger partial charge in [0.1, 0.15) is 6.04 Å². The third-order valence-corrected chi connectivity index (χ3v) is 2.61. The molecule has 0 radical (unpaired) electrons. The second-order valence-corrected chi connectivity index (χ2v) is 4.34. The lowest BCUT2D eigenvalue weighted by Crippen LogP contribution is -2.49. The molecule has 0 aromatic rings. The first-order valence-electron chi connectivity index (χ1n) is 5.32. The number of carbonyl (C=O) groups is 2. The highest BCUT2D eigenvalue weighted by Crippen LogP contribution is 2.32. The smallest absolute Gasteiger partial charge is 0.226 e. The van der Waals surface area contributed by atoms with E-state index >= 15 is 0 Å². The molecule has 0 aliphatic heterocycles. The quantitative estimate of drug-likeness (QED) is 0.694. The molecule has 0 spiro atoms. The van der Waals surface area contributed by atoms with Crippen molar-refractivity contribution in [2.45, 2.75) is 45.7 Å². The average molecular weight is 210 g/mol. The maximum absolute atomic E-state index is 11.9. The van der Waals surface area contributed by atoms with Gasteiger partial charge in [-0.2, -0.15) is 0 Å². The van der Waals surface area contributed by atoms with Crippen molar-refractivity contribution in [3.63, 3.8) is 0 Å². The molecule has 0 bridgehead atoms. The van der Waals surface area contributed by atoms with E-state index in [0.717, 1.165) is 19.1 Å². The number of rotatable bonds is 5. The Bertz CT molecular complexity index is 282. The van der Waals surface area contributed by atoms with Crippen molar-refractivity contribution in [2.75, 3.05) is 0 Å². The first kappa shape index (κ1) is 11.9. The molecular formula is C11H18N2O2. The molecule has 0 aromatic heterocycles. The van der Waals surface area contributed by atoms with Crippen LogP contribution in [-0.2, 0) is 9.59 Å². The summed E-state index contributed by atoms with van der Waals surface area (Å²) in [6.45, 7) is 5.17. The maximum atomic E-state index is 11.9. The number of nitrogens with zero attached hydrogens (tertiary/aromatic N) is 1. The molecule has 4 heteroatoms. The molecule has 15 heavy (non-hydrogen) atoms. The number of ketones is 1. The van der Waals surface area contributed by atoms with E-state index < -0.39 is 6.04 Å². The van der Waals surface area contributed by atoms with Crippen molar-refractivity contribution in [1.29, 1.82) is 5.41 Å². The number of amides is 1. The minimum absolute atomic E-state index is 0.0219. The molecule has 0 heterocycles. The molecule has 1 atom stereocenters. The fraction of sp³-hybridized carbons (Fsp3) is 0.727. The number of nitrogens with one attached hydrogen (secondary N) is 1. The van der Waals surface area contributed by atoms with Gasteiger partial charge in [0.15, 0.2) is 5.78 Å². The van der Waals surface area contributed by atoms with Crippen molar-refractivity contribution >= 4 is 17.9 Å². The monoisotopic (exact) mass is 210 g/mol. The van der Waals surface area contributed by atoms with Crippen molar-refractivity contribution in [1.82, 2.24) is 4.90 Å². The second-order valence-electron chi connectivity index (χ2n) is 4.34. The molecule has 1 aliphatic rings. The summed E-state index contributed by atoms with van der Waals surface area (Å²) in [5, 5.41) is 7.23. The summed E-state index contributed by atoms with van der Waals surface area (Å²) in [5.74, 6) is -0.0319. The maximum Gasteiger partial charge on any atom is 0.226 e. The molecule has 1 rings (SSSR count). The Labute approximate surface area is 90.2 Å². The van der Waals surface area contributed by atoms with E-state index in [2.05, 4.69) is 0 Å². The Balaban J connectivity index is 2.83. The van der Waals surface area contributed by atoms with Gasteiger partial charge in [-0.15, -0.1) is 0 Å². The summed E-state index contributed by atoms with van der Waals surface area (Å²) in [6.07, 6.45) is 2.90. The highest BCUT2D eigenvalue weighted by atomic mass is 16.2. The van der Waals surface area contributed by atoms with Crippen molar-refractivity contribution in [2.24, 2.45) is 5.92 Å². The van der Waals surface area contributed by atoms with Gasteiger partial charge >= 0.3 is 0 Å². The summed E-state index contributed by atoms with van der Waals surface area (Å²) < 4.78 is 0. The van der Waals surface area contributed by atoms with Crippen LogP contribution in [0.15, 0.2) is 0 Å². The Morgan fingerprint density at radius 3 is 2.20 bits per heavy atom. The van der Waals surface area contributed by atoms with E-state index in [1.807, 2.05) is 13.8 Å². The van der Waals surface area contributed by atoms with Gasteiger partial charge in [0, 0.05) is 18.2 Å². The molecule has 0 aromatic carbocycles. The van der Waals surface area contributed by atoms with E-state index in [4.69, 9.17) is 5.41 Å². The van der Waals surface area contributed by atoms with Crippen molar-refractivity contribution < 1.29 is 9.59 Å². The highest BCUT2D eigenvalue weighted by molar-refractivity contribution is 6.00. The van der Waals surface area contributed by atoms with Crippen LogP contribution in [0.2, 0.25) is 0 Å². The van der Waals surface area contributed by atoms with Crippen LogP contribution in [0.4, 0.5) is 0 Å². The largest absolute Gasteiger partial charge is 0.325 e. The van der Waals surface area contributed by atoms with E-state index in [1.165, 1.54) is 11.8 Å². The number of hydrogen-bond acceptors (Lipinski definition) is 3. The molecule has 1 saturated carbocycles. The molecule has 1 aliphatic carbocycles. The third kappa shape index (κ3) is 2.64. The van der Waals surface area contributed by atoms with Crippen LogP contribution in [0.25, 0.3) is 0 Å². The van der Waals surface area contributed by atoms with Crippen molar-refractivity contribution in [3.05, 3.63) is 0 Å². The summed E-state index contributed by atoms with van der Waals surface area (Å²) in [7, 11) is 0. The Hall–Kier alpha value is -1.19. The Kier molecular flexibility index (Phi) is 3.61. The molecule has 1 fully saturated rings. The predicted molar refractivity (Wildman–Crippen MR) is 58.0 cm³/mol. The molecule has 0 saturated heterocycles. The van der Waals surface area contributed by atoms with Crippen LogP contribution in [0.3, 0.4) is 0 Å². The average Bonchev–Trinajstić information content (AvgIpc) is 2.94. The first-order chi connectivity index (χ1) is 6.99. The van der Waals surface area contributed by atoms with Gasteiger partial charge in [0.25, 0.3) is 0 Å². The fourth-order valence-electron chi connectivity index (χ4n) is 1.65. The summed E-state index contributed by atoms with van der Waals surface area (Å²) in [4.78, 5) is 24.8. The molecular weight excluding hydrogens is 192 g/mol. The normalized spacial score (nSPS) is 17.3. The zero-order valence-corrected chi connectivity index (χ0v) is 9.49. The van der Waals surface area contributed by atoms with Crippen LogP contribution in [-0.4, -0.2) is 34.9 Å². The van der Waals surface area contributed by atoms with E-state index in [9.17, 15) is 9.59 Å². The van der Waals surface area contributed by atoms with Crippen molar-refractivity contribution in [3.8, 4) is 0 Å². The fourth-order valence-corrected chi connectivity index (χ4v) is 1.65. The standard InChI is InChI=1S/C11H18N2O2/c1-7(2)13(10(6-12)8(3)14)11(15)9-4-5-9/h6-7,9-10,12H,4-5H2,1-3H3. The van der Waals surface area contributed by atoms with Gasteiger partial charge in [-0.1, -0.05) is 0 Å². The topological polar surface area (TPSA) is 61.2 Å². The predicted octanol–water partition coefficient (Wildman–Crippen LogP) is 1.24. The summed E-state index contributed by atoms with van der Waals surface area (Å²) >= 11 is 0. The molecule has 4 nitrogen and oxygen atoms in total. The first-order valence-corrected chi connectivity index (χ1v) is 5.32. The minimum Gasteiger partial charge on any atom is -0.325 e. The second kappa shape index (κ2) is 4.55. The number of hydrogen-bond donors (Lipinski definition) is 1. The molecule has 1 N–H and O–H groups in total. The Morgan fingerprint density at radius 2 is 1.93 bits per heavy atom. The van der Waals surface area contributed by atoms with Gasteiger partial charge in [-0.25, -0.2) is 0 Å². The summed E-state index contributed by atoms with van der Waals surface area (Å²) in [5.41, 5.74) is 0. The number of carbonyl (C=O) groups excluding carboxylic acids is 2.